The van der Waals surface area contributed by atoms with E-state index < -0.39 is 12.1 Å². The van der Waals surface area contributed by atoms with Gasteiger partial charge < -0.3 is 15.4 Å². The van der Waals surface area contributed by atoms with Crippen LogP contribution in [-0.2, 0) is 9.53 Å². The third-order valence-electron chi connectivity index (χ3n) is 2.81. The minimum atomic E-state index is -0.662. The summed E-state index contributed by atoms with van der Waals surface area (Å²) in [5, 5.41) is 9.39. The fourth-order valence-electron chi connectivity index (χ4n) is 1.63. The molecule has 1 rings (SSSR count). The predicted molar refractivity (Wildman–Crippen MR) is 75.4 cm³/mol. The van der Waals surface area contributed by atoms with E-state index in [2.05, 4.69) is 20.5 Å². The maximum absolute atomic E-state index is 12.2. The first-order valence-corrected chi connectivity index (χ1v) is 6.54. The largest absolute Gasteiger partial charge is 0.453 e. The maximum atomic E-state index is 12.2. The lowest BCUT2D eigenvalue weighted by molar-refractivity contribution is -0.119. The number of aromatic nitrogens is 2. The molecular formula is C13H22N4O3. The molecule has 0 aliphatic heterocycles. The smallest absolute Gasteiger partial charge is 0.407 e. The van der Waals surface area contributed by atoms with Gasteiger partial charge in [0.05, 0.1) is 19.0 Å². The molecule has 1 atom stereocenters. The van der Waals surface area contributed by atoms with E-state index in [1.807, 2.05) is 27.7 Å². The molecule has 0 unspecified atom stereocenters. The highest BCUT2D eigenvalue weighted by Gasteiger charge is 2.24. The number of methoxy groups -OCH3 is 1. The zero-order valence-corrected chi connectivity index (χ0v) is 12.5. The van der Waals surface area contributed by atoms with Gasteiger partial charge in [-0.15, -0.1) is 0 Å². The van der Waals surface area contributed by atoms with Crippen LogP contribution in [0, 0.1) is 5.92 Å². The monoisotopic (exact) mass is 282 g/mol. The highest BCUT2D eigenvalue weighted by atomic mass is 16.5. The van der Waals surface area contributed by atoms with Crippen molar-refractivity contribution in [3.05, 3.63) is 12.4 Å². The van der Waals surface area contributed by atoms with E-state index >= 15 is 0 Å². The summed E-state index contributed by atoms with van der Waals surface area (Å²) >= 11 is 0. The molecule has 7 heteroatoms. The summed E-state index contributed by atoms with van der Waals surface area (Å²) in [6.07, 6.45) is 2.70. The molecule has 0 aromatic carbocycles. The molecule has 20 heavy (non-hydrogen) atoms. The van der Waals surface area contributed by atoms with Crippen LogP contribution in [0.1, 0.15) is 33.7 Å². The summed E-state index contributed by atoms with van der Waals surface area (Å²) in [6.45, 7) is 7.68. The minimum Gasteiger partial charge on any atom is -0.453 e. The third-order valence-corrected chi connectivity index (χ3v) is 2.81. The van der Waals surface area contributed by atoms with Gasteiger partial charge >= 0.3 is 6.09 Å². The number of anilines is 1. The van der Waals surface area contributed by atoms with Gasteiger partial charge in [0, 0.05) is 12.2 Å². The Morgan fingerprint density at radius 3 is 2.40 bits per heavy atom. The summed E-state index contributed by atoms with van der Waals surface area (Å²) in [4.78, 5) is 23.4. The summed E-state index contributed by atoms with van der Waals surface area (Å²) in [5.41, 5.74) is 0.598. The van der Waals surface area contributed by atoms with Crippen LogP contribution < -0.4 is 10.6 Å². The molecule has 0 aliphatic rings. The normalized spacial score (nSPS) is 12.3. The molecule has 7 nitrogen and oxygen atoms in total. The molecule has 112 valence electrons. The van der Waals surface area contributed by atoms with Crippen LogP contribution in [0.5, 0.6) is 0 Å². The van der Waals surface area contributed by atoms with Crippen molar-refractivity contribution >= 4 is 17.7 Å². The van der Waals surface area contributed by atoms with Crippen molar-refractivity contribution < 1.29 is 14.3 Å². The molecule has 1 aromatic rings. The zero-order chi connectivity index (χ0) is 15.3. The van der Waals surface area contributed by atoms with Gasteiger partial charge in [-0.25, -0.2) is 4.79 Å². The lowest BCUT2D eigenvalue weighted by atomic mass is 10.0. The number of hydrogen-bond acceptors (Lipinski definition) is 4. The number of alkyl carbamates (subject to hydrolysis) is 1. The van der Waals surface area contributed by atoms with Crippen molar-refractivity contribution in [3.63, 3.8) is 0 Å². The maximum Gasteiger partial charge on any atom is 0.407 e. The Morgan fingerprint density at radius 1 is 1.30 bits per heavy atom. The topological polar surface area (TPSA) is 85.2 Å². The van der Waals surface area contributed by atoms with E-state index in [0.717, 1.165) is 0 Å². The molecular weight excluding hydrogens is 260 g/mol. The van der Waals surface area contributed by atoms with Gasteiger partial charge in [-0.1, -0.05) is 13.8 Å². The molecule has 1 aromatic heterocycles. The van der Waals surface area contributed by atoms with E-state index in [-0.39, 0.29) is 17.9 Å². The standard InChI is InChI=1S/C13H22N4O3/c1-8(2)11(16-13(19)20-5)12(18)15-10-6-14-17(7-10)9(3)4/h6-9,11H,1-5H3,(H,15,18)(H,16,19)/t11-/m0/s1. The van der Waals surface area contributed by atoms with Gasteiger partial charge in [0.2, 0.25) is 5.91 Å². The molecule has 0 saturated carbocycles. The van der Waals surface area contributed by atoms with Gasteiger partial charge in [0.15, 0.2) is 0 Å². The lowest BCUT2D eigenvalue weighted by Gasteiger charge is -2.20. The lowest BCUT2D eigenvalue weighted by Crippen LogP contribution is -2.47. The van der Waals surface area contributed by atoms with Gasteiger partial charge in [0.1, 0.15) is 6.04 Å². The van der Waals surface area contributed by atoms with Crippen LogP contribution in [-0.4, -0.2) is 34.9 Å². The van der Waals surface area contributed by atoms with Crippen LogP contribution in [0.2, 0.25) is 0 Å². The van der Waals surface area contributed by atoms with Crippen molar-refractivity contribution in [3.8, 4) is 0 Å². The quantitative estimate of drug-likeness (QED) is 0.862. The summed E-state index contributed by atoms with van der Waals surface area (Å²) < 4.78 is 6.26. The number of amides is 2. The SMILES string of the molecule is COC(=O)N[C@H](C(=O)Nc1cnn(C(C)C)c1)C(C)C. The van der Waals surface area contributed by atoms with E-state index in [0.29, 0.717) is 5.69 Å². The molecule has 0 radical (unpaired) electrons. The third kappa shape index (κ3) is 4.25. The number of hydrogen-bond donors (Lipinski definition) is 2. The first-order valence-electron chi connectivity index (χ1n) is 6.54. The van der Waals surface area contributed by atoms with Gasteiger partial charge in [-0.3, -0.25) is 9.48 Å². The van der Waals surface area contributed by atoms with Gasteiger partial charge in [-0.05, 0) is 19.8 Å². The van der Waals surface area contributed by atoms with E-state index in [9.17, 15) is 9.59 Å². The second-order valence-electron chi connectivity index (χ2n) is 5.15. The fraction of sp³-hybridized carbons (Fsp3) is 0.615. The molecule has 0 bridgehead atoms. The number of nitrogens with zero attached hydrogens (tertiary/aromatic N) is 2. The van der Waals surface area contributed by atoms with Crippen molar-refractivity contribution in [1.82, 2.24) is 15.1 Å². The Kier molecular flexibility index (Phi) is 5.54. The van der Waals surface area contributed by atoms with E-state index in [4.69, 9.17) is 0 Å². The minimum absolute atomic E-state index is 0.0609. The highest BCUT2D eigenvalue weighted by Crippen LogP contribution is 2.12. The number of nitrogens with one attached hydrogen (secondary N) is 2. The summed E-state index contributed by atoms with van der Waals surface area (Å²) in [7, 11) is 1.26. The van der Waals surface area contributed by atoms with Crippen LogP contribution in [0.25, 0.3) is 0 Å². The molecule has 2 N–H and O–H groups in total. The first kappa shape index (κ1) is 16.0. The fourth-order valence-corrected chi connectivity index (χ4v) is 1.63. The summed E-state index contributed by atoms with van der Waals surface area (Å²) in [6, 6.07) is -0.445. The van der Waals surface area contributed by atoms with Gasteiger partial charge in [-0.2, -0.15) is 5.10 Å². The number of rotatable bonds is 5. The molecule has 2 amide bonds. The molecule has 0 spiro atoms. The number of carbonyl (C=O) groups excluding carboxylic acids is 2. The van der Waals surface area contributed by atoms with Crippen LogP contribution in [0.15, 0.2) is 12.4 Å². The van der Waals surface area contributed by atoms with Crippen LogP contribution in [0.4, 0.5) is 10.5 Å². The Morgan fingerprint density at radius 2 is 1.95 bits per heavy atom. The Hall–Kier alpha value is -2.05. The van der Waals surface area contributed by atoms with Crippen LogP contribution >= 0.6 is 0 Å². The molecule has 0 saturated heterocycles. The molecule has 0 aliphatic carbocycles. The zero-order valence-electron chi connectivity index (χ0n) is 12.5. The van der Waals surface area contributed by atoms with E-state index in [1.165, 1.54) is 7.11 Å². The Labute approximate surface area is 118 Å². The van der Waals surface area contributed by atoms with Crippen molar-refractivity contribution in [2.45, 2.75) is 39.8 Å². The van der Waals surface area contributed by atoms with Crippen LogP contribution in [0.3, 0.4) is 0 Å². The second-order valence-corrected chi connectivity index (χ2v) is 5.15. The van der Waals surface area contributed by atoms with Gasteiger partial charge in [0.25, 0.3) is 0 Å². The molecule has 0 fully saturated rings. The molecule has 1 heterocycles. The Bertz CT molecular complexity index is 468. The van der Waals surface area contributed by atoms with Crippen molar-refractivity contribution in [2.75, 3.05) is 12.4 Å². The van der Waals surface area contributed by atoms with E-state index in [1.54, 1.807) is 17.1 Å². The number of ether oxygens (including phenoxy) is 1. The average molecular weight is 282 g/mol. The Balaban J connectivity index is 2.72. The predicted octanol–water partition coefficient (Wildman–Crippen LogP) is 1.78. The first-order chi connectivity index (χ1) is 9.35. The average Bonchev–Trinajstić information content (AvgIpc) is 2.83. The summed E-state index contributed by atoms with van der Waals surface area (Å²) in [5.74, 6) is -0.358. The second kappa shape index (κ2) is 6.93. The van der Waals surface area contributed by atoms with Crippen molar-refractivity contribution in [1.29, 1.82) is 0 Å². The van der Waals surface area contributed by atoms with Crippen molar-refractivity contribution in [2.24, 2.45) is 5.92 Å². The highest BCUT2D eigenvalue weighted by molar-refractivity contribution is 5.96. The number of carbonyl (C=O) groups is 2.